The first kappa shape index (κ1) is 16.5. The minimum atomic E-state index is -0.711. The predicted molar refractivity (Wildman–Crippen MR) is 84.3 cm³/mol. The molecule has 0 amide bonds. The molecule has 1 N–H and O–H groups in total. The summed E-state index contributed by atoms with van der Waals surface area (Å²) in [5, 5.41) is 8.79. The second-order valence-corrected chi connectivity index (χ2v) is 5.37. The molecule has 20 heavy (non-hydrogen) atoms. The second-order valence-electron chi connectivity index (χ2n) is 5.37. The van der Waals surface area contributed by atoms with Gasteiger partial charge in [-0.05, 0) is 31.9 Å². The zero-order chi connectivity index (χ0) is 14.8. The number of para-hydroxylation sites is 1. The average molecular weight is 277 g/mol. The van der Waals surface area contributed by atoms with Crippen LogP contribution < -0.4 is 4.90 Å². The Morgan fingerprint density at radius 3 is 2.50 bits per heavy atom. The van der Waals surface area contributed by atoms with Crippen molar-refractivity contribution >= 4 is 11.7 Å². The van der Waals surface area contributed by atoms with Gasteiger partial charge in [-0.3, -0.25) is 4.79 Å². The molecule has 1 aromatic carbocycles. The third kappa shape index (κ3) is 6.09. The fourth-order valence-electron chi connectivity index (χ4n) is 2.47. The highest BCUT2D eigenvalue weighted by Crippen LogP contribution is 2.20. The van der Waals surface area contributed by atoms with Gasteiger partial charge in [0, 0.05) is 24.7 Å². The van der Waals surface area contributed by atoms with E-state index in [-0.39, 0.29) is 6.42 Å². The lowest BCUT2D eigenvalue weighted by molar-refractivity contribution is -0.137. The maximum atomic E-state index is 10.7. The number of carboxylic acids is 1. The van der Waals surface area contributed by atoms with Crippen molar-refractivity contribution in [3.05, 3.63) is 30.3 Å². The minimum absolute atomic E-state index is 0.241. The van der Waals surface area contributed by atoms with Crippen molar-refractivity contribution in [2.45, 2.75) is 58.4 Å². The average Bonchev–Trinajstić information content (AvgIpc) is 2.44. The number of carbonyl (C=O) groups is 1. The van der Waals surface area contributed by atoms with Crippen LogP contribution in [0.4, 0.5) is 5.69 Å². The van der Waals surface area contributed by atoms with Crippen molar-refractivity contribution in [1.82, 2.24) is 0 Å². The molecule has 0 heterocycles. The number of benzene rings is 1. The van der Waals surface area contributed by atoms with Crippen molar-refractivity contribution in [3.63, 3.8) is 0 Å². The Morgan fingerprint density at radius 2 is 1.90 bits per heavy atom. The molecule has 0 aliphatic heterocycles. The molecule has 3 heteroatoms. The van der Waals surface area contributed by atoms with Crippen LogP contribution in [0.2, 0.25) is 0 Å². The normalized spacial score (nSPS) is 12.1. The van der Waals surface area contributed by atoms with E-state index in [4.69, 9.17) is 5.11 Å². The standard InChI is InChI=1S/C17H27NO2/c1-3-4-6-10-15(2)18(14-9-13-17(19)20)16-11-7-5-8-12-16/h5,7-8,11-12,15H,3-4,6,9-10,13-14H2,1-2H3,(H,19,20). The third-order valence-electron chi connectivity index (χ3n) is 3.64. The topological polar surface area (TPSA) is 40.5 Å². The van der Waals surface area contributed by atoms with Crippen LogP contribution in [-0.2, 0) is 4.79 Å². The number of rotatable bonds is 10. The SMILES string of the molecule is CCCCCC(C)N(CCCC(=O)O)c1ccccc1. The maximum absolute atomic E-state index is 10.7. The summed E-state index contributed by atoms with van der Waals surface area (Å²) in [4.78, 5) is 13.0. The summed E-state index contributed by atoms with van der Waals surface area (Å²) in [5.41, 5.74) is 1.20. The summed E-state index contributed by atoms with van der Waals surface area (Å²) in [6, 6.07) is 10.8. The van der Waals surface area contributed by atoms with E-state index < -0.39 is 5.97 Å². The van der Waals surface area contributed by atoms with Gasteiger partial charge in [0.1, 0.15) is 0 Å². The summed E-state index contributed by atoms with van der Waals surface area (Å²) in [7, 11) is 0. The number of anilines is 1. The molecule has 1 unspecified atom stereocenters. The van der Waals surface area contributed by atoms with Gasteiger partial charge in [-0.25, -0.2) is 0 Å². The van der Waals surface area contributed by atoms with E-state index in [1.807, 2.05) is 18.2 Å². The number of carboxylic acid groups (broad SMARTS) is 1. The molecule has 112 valence electrons. The van der Waals surface area contributed by atoms with Crippen LogP contribution in [0.3, 0.4) is 0 Å². The van der Waals surface area contributed by atoms with Crippen molar-refractivity contribution in [1.29, 1.82) is 0 Å². The van der Waals surface area contributed by atoms with Gasteiger partial charge < -0.3 is 10.0 Å². The van der Waals surface area contributed by atoms with Crippen LogP contribution in [0.25, 0.3) is 0 Å². The minimum Gasteiger partial charge on any atom is -0.481 e. The quantitative estimate of drug-likeness (QED) is 0.647. The maximum Gasteiger partial charge on any atom is 0.303 e. The van der Waals surface area contributed by atoms with Gasteiger partial charge in [-0.2, -0.15) is 0 Å². The number of hydrogen-bond donors (Lipinski definition) is 1. The van der Waals surface area contributed by atoms with Gasteiger partial charge >= 0.3 is 5.97 Å². The van der Waals surface area contributed by atoms with Crippen LogP contribution in [0, 0.1) is 0 Å². The Bertz CT molecular complexity index is 378. The first-order valence-corrected chi connectivity index (χ1v) is 7.68. The van der Waals surface area contributed by atoms with Crippen molar-refractivity contribution in [2.75, 3.05) is 11.4 Å². The largest absolute Gasteiger partial charge is 0.481 e. The Balaban J connectivity index is 2.61. The fourth-order valence-corrected chi connectivity index (χ4v) is 2.47. The molecule has 0 radical (unpaired) electrons. The Labute approximate surface area is 122 Å². The Kier molecular flexibility index (Phi) is 7.78. The van der Waals surface area contributed by atoms with Gasteiger partial charge in [0.05, 0.1) is 0 Å². The summed E-state index contributed by atoms with van der Waals surface area (Å²) >= 11 is 0. The molecule has 1 atom stereocenters. The Hall–Kier alpha value is -1.51. The summed E-state index contributed by atoms with van der Waals surface area (Å²) in [5.74, 6) is -0.711. The molecule has 1 rings (SSSR count). The van der Waals surface area contributed by atoms with Crippen LogP contribution in [0.5, 0.6) is 0 Å². The van der Waals surface area contributed by atoms with Crippen LogP contribution >= 0.6 is 0 Å². The molecular formula is C17H27NO2. The van der Waals surface area contributed by atoms with Crippen molar-refractivity contribution in [3.8, 4) is 0 Å². The first-order valence-electron chi connectivity index (χ1n) is 7.68. The first-order chi connectivity index (χ1) is 9.65. The molecule has 3 nitrogen and oxygen atoms in total. The van der Waals surface area contributed by atoms with E-state index in [1.54, 1.807) is 0 Å². The van der Waals surface area contributed by atoms with Crippen LogP contribution in [0.1, 0.15) is 52.4 Å². The summed E-state index contributed by atoms with van der Waals surface area (Å²) in [6.45, 7) is 5.26. The van der Waals surface area contributed by atoms with Gasteiger partial charge in [0.25, 0.3) is 0 Å². The van der Waals surface area contributed by atoms with Crippen LogP contribution in [0.15, 0.2) is 30.3 Å². The zero-order valence-electron chi connectivity index (χ0n) is 12.7. The van der Waals surface area contributed by atoms with Crippen molar-refractivity contribution < 1.29 is 9.90 Å². The fraction of sp³-hybridized carbons (Fsp3) is 0.588. The molecule has 0 saturated heterocycles. The van der Waals surface area contributed by atoms with Gasteiger partial charge in [0.2, 0.25) is 0 Å². The predicted octanol–water partition coefficient (Wildman–Crippen LogP) is 4.33. The van der Waals surface area contributed by atoms with Gasteiger partial charge in [-0.15, -0.1) is 0 Å². The van der Waals surface area contributed by atoms with E-state index in [0.717, 1.165) is 13.0 Å². The zero-order valence-corrected chi connectivity index (χ0v) is 12.7. The molecule has 1 aromatic rings. The lowest BCUT2D eigenvalue weighted by Gasteiger charge is -2.31. The molecule has 0 bridgehead atoms. The molecular weight excluding hydrogens is 250 g/mol. The molecule has 0 saturated carbocycles. The van der Waals surface area contributed by atoms with E-state index in [0.29, 0.717) is 12.5 Å². The van der Waals surface area contributed by atoms with E-state index in [9.17, 15) is 4.79 Å². The molecule has 0 spiro atoms. The van der Waals surface area contributed by atoms with E-state index >= 15 is 0 Å². The Morgan fingerprint density at radius 1 is 1.20 bits per heavy atom. The smallest absolute Gasteiger partial charge is 0.303 e. The molecule has 0 aliphatic rings. The lowest BCUT2D eigenvalue weighted by Crippen LogP contribution is -2.34. The highest BCUT2D eigenvalue weighted by Gasteiger charge is 2.14. The van der Waals surface area contributed by atoms with E-state index in [2.05, 4.69) is 30.9 Å². The van der Waals surface area contributed by atoms with E-state index in [1.165, 1.54) is 24.9 Å². The highest BCUT2D eigenvalue weighted by molar-refractivity contribution is 5.66. The number of hydrogen-bond acceptors (Lipinski definition) is 2. The summed E-state index contributed by atoms with van der Waals surface area (Å²) in [6.07, 6.45) is 5.84. The summed E-state index contributed by atoms with van der Waals surface area (Å²) < 4.78 is 0. The van der Waals surface area contributed by atoms with Gasteiger partial charge in [0.15, 0.2) is 0 Å². The third-order valence-corrected chi connectivity index (χ3v) is 3.64. The monoisotopic (exact) mass is 277 g/mol. The second kappa shape index (κ2) is 9.40. The van der Waals surface area contributed by atoms with Crippen molar-refractivity contribution in [2.24, 2.45) is 0 Å². The van der Waals surface area contributed by atoms with Gasteiger partial charge in [-0.1, -0.05) is 44.4 Å². The number of aliphatic carboxylic acids is 1. The molecule has 0 fully saturated rings. The highest BCUT2D eigenvalue weighted by atomic mass is 16.4. The van der Waals surface area contributed by atoms with Crippen LogP contribution in [-0.4, -0.2) is 23.7 Å². The molecule has 0 aromatic heterocycles. The number of nitrogens with zero attached hydrogens (tertiary/aromatic N) is 1. The lowest BCUT2D eigenvalue weighted by atomic mass is 10.1. The molecule has 0 aliphatic carbocycles. The number of unbranched alkanes of at least 4 members (excludes halogenated alkanes) is 2.